The van der Waals surface area contributed by atoms with E-state index in [0.29, 0.717) is 11.8 Å². The third kappa shape index (κ3) is 2.80. The largest absolute Gasteiger partial charge is 0.316 e. The quantitative estimate of drug-likeness (QED) is 0.849. The first-order valence-electron chi connectivity index (χ1n) is 7.41. The molecule has 1 aromatic carbocycles. The molecule has 1 saturated carbocycles. The van der Waals surface area contributed by atoms with Crippen LogP contribution in [0.5, 0.6) is 0 Å². The first-order chi connectivity index (χ1) is 9.25. The Labute approximate surface area is 119 Å². The van der Waals surface area contributed by atoms with Crippen LogP contribution in [0.1, 0.15) is 43.6 Å². The van der Waals surface area contributed by atoms with Crippen LogP contribution in [0.15, 0.2) is 18.2 Å². The number of benzene rings is 1. The summed E-state index contributed by atoms with van der Waals surface area (Å²) in [4.78, 5) is 0. The van der Waals surface area contributed by atoms with Crippen molar-refractivity contribution < 1.29 is 4.39 Å². The molecular formula is C16H21ClFN. The van der Waals surface area contributed by atoms with Gasteiger partial charge in [-0.05, 0) is 55.0 Å². The number of nitrogens with one attached hydrogen (secondary N) is 1. The van der Waals surface area contributed by atoms with Crippen molar-refractivity contribution in [3.05, 3.63) is 34.6 Å². The minimum atomic E-state index is -0.309. The van der Waals surface area contributed by atoms with Gasteiger partial charge in [0, 0.05) is 0 Å². The van der Waals surface area contributed by atoms with Crippen LogP contribution in [0, 0.1) is 17.7 Å². The molecule has 1 N–H and O–H groups in total. The van der Waals surface area contributed by atoms with Crippen LogP contribution in [-0.2, 0) is 0 Å². The summed E-state index contributed by atoms with van der Waals surface area (Å²) < 4.78 is 13.3. The Morgan fingerprint density at radius 3 is 2.68 bits per heavy atom. The Morgan fingerprint density at radius 1 is 1.16 bits per heavy atom. The molecule has 0 aromatic heterocycles. The average molecular weight is 282 g/mol. The standard InChI is InChI=1S/C16H21ClFN/c17-15-9-12(5-6-16(15)18)13-7-8-19-10-14(13)11-3-1-2-4-11/h5-6,9,11,13-14,19H,1-4,7-8,10H2. The molecule has 19 heavy (non-hydrogen) atoms. The number of hydrogen-bond donors (Lipinski definition) is 1. The molecule has 3 heteroatoms. The molecule has 2 unspecified atom stereocenters. The van der Waals surface area contributed by atoms with Gasteiger partial charge in [0.25, 0.3) is 0 Å². The number of hydrogen-bond acceptors (Lipinski definition) is 1. The monoisotopic (exact) mass is 281 g/mol. The molecule has 1 aliphatic heterocycles. The topological polar surface area (TPSA) is 12.0 Å². The van der Waals surface area contributed by atoms with Crippen molar-refractivity contribution in [2.45, 2.75) is 38.0 Å². The molecule has 0 radical (unpaired) electrons. The summed E-state index contributed by atoms with van der Waals surface area (Å²) in [6, 6.07) is 5.29. The van der Waals surface area contributed by atoms with Crippen LogP contribution >= 0.6 is 11.6 Å². The Morgan fingerprint density at radius 2 is 1.95 bits per heavy atom. The Hall–Kier alpha value is -0.600. The van der Waals surface area contributed by atoms with Crippen molar-refractivity contribution in [1.82, 2.24) is 5.32 Å². The predicted molar refractivity (Wildman–Crippen MR) is 77.1 cm³/mol. The Bertz CT molecular complexity index is 442. The Balaban J connectivity index is 1.84. The maximum absolute atomic E-state index is 13.3. The molecule has 3 rings (SSSR count). The second kappa shape index (κ2) is 5.80. The molecule has 1 saturated heterocycles. The van der Waals surface area contributed by atoms with Gasteiger partial charge in [-0.25, -0.2) is 4.39 Å². The number of rotatable bonds is 2. The maximum Gasteiger partial charge on any atom is 0.141 e. The molecule has 2 fully saturated rings. The fraction of sp³-hybridized carbons (Fsp3) is 0.625. The molecular weight excluding hydrogens is 261 g/mol. The van der Waals surface area contributed by atoms with Crippen LogP contribution in [0.2, 0.25) is 5.02 Å². The molecule has 1 heterocycles. The predicted octanol–water partition coefficient (Wildman–Crippen LogP) is 4.36. The summed E-state index contributed by atoms with van der Waals surface area (Å²) in [5, 5.41) is 3.80. The second-order valence-corrected chi connectivity index (χ2v) is 6.39. The van der Waals surface area contributed by atoms with E-state index >= 15 is 0 Å². The van der Waals surface area contributed by atoms with E-state index in [1.54, 1.807) is 0 Å². The first-order valence-corrected chi connectivity index (χ1v) is 7.79. The summed E-state index contributed by atoms with van der Waals surface area (Å²) >= 11 is 5.95. The lowest BCUT2D eigenvalue weighted by molar-refractivity contribution is 0.231. The normalized spacial score (nSPS) is 28.7. The van der Waals surface area contributed by atoms with Crippen molar-refractivity contribution >= 4 is 11.6 Å². The lowest BCUT2D eigenvalue weighted by Crippen LogP contribution is -2.38. The molecule has 2 aliphatic rings. The number of piperidine rings is 1. The van der Waals surface area contributed by atoms with E-state index in [9.17, 15) is 4.39 Å². The van der Waals surface area contributed by atoms with Crippen LogP contribution in [0.4, 0.5) is 4.39 Å². The first kappa shape index (κ1) is 13.4. The fourth-order valence-corrected chi connectivity index (χ4v) is 4.11. The van der Waals surface area contributed by atoms with Gasteiger partial charge < -0.3 is 5.32 Å². The van der Waals surface area contributed by atoms with E-state index < -0.39 is 0 Å². The average Bonchev–Trinajstić information content (AvgIpc) is 2.96. The highest BCUT2D eigenvalue weighted by molar-refractivity contribution is 6.30. The van der Waals surface area contributed by atoms with Gasteiger partial charge in [-0.3, -0.25) is 0 Å². The van der Waals surface area contributed by atoms with Gasteiger partial charge in [-0.15, -0.1) is 0 Å². The van der Waals surface area contributed by atoms with Crippen LogP contribution in [0.3, 0.4) is 0 Å². The highest BCUT2D eigenvalue weighted by Gasteiger charge is 2.34. The molecule has 0 amide bonds. The van der Waals surface area contributed by atoms with Crippen LogP contribution in [0.25, 0.3) is 0 Å². The smallest absolute Gasteiger partial charge is 0.141 e. The van der Waals surface area contributed by atoms with Crippen molar-refractivity contribution in [2.75, 3.05) is 13.1 Å². The highest BCUT2D eigenvalue weighted by atomic mass is 35.5. The van der Waals surface area contributed by atoms with Crippen LogP contribution < -0.4 is 5.32 Å². The van der Waals surface area contributed by atoms with Gasteiger partial charge in [0.1, 0.15) is 5.82 Å². The van der Waals surface area contributed by atoms with Crippen molar-refractivity contribution in [3.8, 4) is 0 Å². The molecule has 104 valence electrons. The zero-order valence-corrected chi connectivity index (χ0v) is 11.9. The summed E-state index contributed by atoms with van der Waals surface area (Å²) in [6.45, 7) is 2.16. The van der Waals surface area contributed by atoms with E-state index in [1.165, 1.54) is 37.3 Å². The summed E-state index contributed by atoms with van der Waals surface area (Å²) in [7, 11) is 0. The van der Waals surface area contributed by atoms with Gasteiger partial charge in [0.2, 0.25) is 0 Å². The van der Waals surface area contributed by atoms with Gasteiger partial charge in [0.15, 0.2) is 0 Å². The fourth-order valence-electron chi connectivity index (χ4n) is 3.92. The minimum absolute atomic E-state index is 0.265. The highest BCUT2D eigenvalue weighted by Crippen LogP contribution is 2.42. The van der Waals surface area contributed by atoms with Gasteiger partial charge in [-0.2, -0.15) is 0 Å². The molecule has 2 atom stereocenters. The molecule has 1 aliphatic carbocycles. The lowest BCUT2D eigenvalue weighted by atomic mass is 9.73. The van der Waals surface area contributed by atoms with Gasteiger partial charge in [0.05, 0.1) is 5.02 Å². The lowest BCUT2D eigenvalue weighted by Gasteiger charge is -2.36. The van der Waals surface area contributed by atoms with E-state index in [1.807, 2.05) is 12.1 Å². The Kier molecular flexibility index (Phi) is 4.09. The van der Waals surface area contributed by atoms with Crippen molar-refractivity contribution in [3.63, 3.8) is 0 Å². The van der Waals surface area contributed by atoms with E-state index in [-0.39, 0.29) is 10.8 Å². The second-order valence-electron chi connectivity index (χ2n) is 5.98. The van der Waals surface area contributed by atoms with Crippen LogP contribution in [-0.4, -0.2) is 13.1 Å². The summed E-state index contributed by atoms with van der Waals surface area (Å²) in [6.07, 6.45) is 6.61. The third-order valence-electron chi connectivity index (χ3n) is 4.91. The molecule has 0 bridgehead atoms. The van der Waals surface area contributed by atoms with Crippen molar-refractivity contribution in [2.24, 2.45) is 11.8 Å². The molecule has 0 spiro atoms. The minimum Gasteiger partial charge on any atom is -0.316 e. The third-order valence-corrected chi connectivity index (χ3v) is 5.20. The summed E-state index contributed by atoms with van der Waals surface area (Å²) in [5.74, 6) is 1.76. The van der Waals surface area contributed by atoms with Gasteiger partial charge >= 0.3 is 0 Å². The van der Waals surface area contributed by atoms with E-state index in [2.05, 4.69) is 5.32 Å². The van der Waals surface area contributed by atoms with Crippen molar-refractivity contribution in [1.29, 1.82) is 0 Å². The van der Waals surface area contributed by atoms with E-state index in [4.69, 9.17) is 11.6 Å². The molecule has 1 aromatic rings. The number of halogens is 2. The molecule has 1 nitrogen and oxygen atoms in total. The zero-order valence-electron chi connectivity index (χ0n) is 11.2. The van der Waals surface area contributed by atoms with E-state index in [0.717, 1.165) is 25.4 Å². The SMILES string of the molecule is Fc1ccc(C2CCNCC2C2CCCC2)cc1Cl. The maximum atomic E-state index is 13.3. The summed E-state index contributed by atoms with van der Waals surface area (Å²) in [5.41, 5.74) is 1.23. The zero-order chi connectivity index (χ0) is 13.2. The van der Waals surface area contributed by atoms with Gasteiger partial charge in [-0.1, -0.05) is 43.4 Å².